The molecule has 2 atom stereocenters. The second-order valence-corrected chi connectivity index (χ2v) is 6.80. The Bertz CT molecular complexity index is 511. The molecule has 110 valence electrons. The summed E-state index contributed by atoms with van der Waals surface area (Å²) in [5.41, 5.74) is 6.52. The number of hydrogen-bond donors (Lipinski definition) is 2. The van der Waals surface area contributed by atoms with Crippen LogP contribution in [0.15, 0.2) is 0 Å². The summed E-state index contributed by atoms with van der Waals surface area (Å²) in [7, 11) is 0. The number of piperidine rings is 1. The van der Waals surface area contributed by atoms with Gasteiger partial charge in [0.25, 0.3) is 5.91 Å². The van der Waals surface area contributed by atoms with E-state index in [0.29, 0.717) is 29.4 Å². The van der Waals surface area contributed by atoms with E-state index in [4.69, 9.17) is 5.73 Å². The molecule has 1 aromatic rings. The van der Waals surface area contributed by atoms with Crippen molar-refractivity contribution in [2.75, 3.05) is 17.2 Å². The highest BCUT2D eigenvalue weighted by molar-refractivity contribution is 7.11. The van der Waals surface area contributed by atoms with E-state index in [1.807, 2.05) is 0 Å². The molecule has 2 fully saturated rings. The van der Waals surface area contributed by atoms with E-state index in [1.165, 1.54) is 18.0 Å². The smallest absolute Gasteiger partial charge is 0.258 e. The molecule has 6 heteroatoms. The van der Waals surface area contributed by atoms with Crippen LogP contribution >= 0.6 is 11.5 Å². The standard InChI is InChI=1S/C14H22N4OS/c1-8-4-3-7-18(9(8)2)14-11(12(15)17-20-14)13(19)16-10-5-6-10/h8-10H,3-7H2,1-2H3,(H2,15,17)(H,16,19). The molecule has 0 bridgehead atoms. The summed E-state index contributed by atoms with van der Waals surface area (Å²) in [6.45, 7) is 5.48. The average molecular weight is 294 g/mol. The SMILES string of the molecule is CC1CCCN(c2snc(N)c2C(=O)NC2CC2)C1C. The van der Waals surface area contributed by atoms with Crippen LogP contribution in [0.4, 0.5) is 10.8 Å². The maximum absolute atomic E-state index is 12.4. The molecule has 0 radical (unpaired) electrons. The number of anilines is 2. The van der Waals surface area contributed by atoms with Crippen molar-refractivity contribution in [3.05, 3.63) is 5.56 Å². The number of carbonyl (C=O) groups is 1. The van der Waals surface area contributed by atoms with Gasteiger partial charge in [-0.2, -0.15) is 4.37 Å². The second kappa shape index (κ2) is 5.24. The minimum absolute atomic E-state index is 0.0563. The average Bonchev–Trinajstić information content (AvgIpc) is 3.13. The Morgan fingerprint density at radius 3 is 2.85 bits per heavy atom. The van der Waals surface area contributed by atoms with Gasteiger partial charge in [0, 0.05) is 18.6 Å². The van der Waals surface area contributed by atoms with Crippen molar-refractivity contribution in [3.63, 3.8) is 0 Å². The molecule has 0 aromatic carbocycles. The van der Waals surface area contributed by atoms with Gasteiger partial charge >= 0.3 is 0 Å². The third-order valence-electron chi connectivity index (χ3n) is 4.47. The van der Waals surface area contributed by atoms with Crippen molar-refractivity contribution in [2.45, 2.75) is 51.6 Å². The van der Waals surface area contributed by atoms with Crippen molar-refractivity contribution in [2.24, 2.45) is 5.92 Å². The van der Waals surface area contributed by atoms with Crippen molar-refractivity contribution in [1.82, 2.24) is 9.69 Å². The Balaban J connectivity index is 1.87. The first-order valence-electron chi connectivity index (χ1n) is 7.40. The van der Waals surface area contributed by atoms with Crippen molar-refractivity contribution in [1.29, 1.82) is 0 Å². The number of amides is 1. The molecule has 1 saturated carbocycles. The Hall–Kier alpha value is -1.30. The predicted molar refractivity (Wildman–Crippen MR) is 82.2 cm³/mol. The van der Waals surface area contributed by atoms with Crippen LogP contribution in [0.1, 0.15) is 49.9 Å². The zero-order chi connectivity index (χ0) is 14.3. The molecule has 2 aliphatic rings. The van der Waals surface area contributed by atoms with Crippen LogP contribution in [0, 0.1) is 5.92 Å². The maximum Gasteiger partial charge on any atom is 0.258 e. The summed E-state index contributed by atoms with van der Waals surface area (Å²) in [4.78, 5) is 14.7. The minimum atomic E-state index is -0.0563. The molecule has 1 saturated heterocycles. The van der Waals surface area contributed by atoms with Gasteiger partial charge in [-0.25, -0.2) is 0 Å². The highest BCUT2D eigenvalue weighted by Crippen LogP contribution is 2.36. The third kappa shape index (κ3) is 2.49. The van der Waals surface area contributed by atoms with Gasteiger partial charge in [0.05, 0.1) is 0 Å². The number of rotatable bonds is 3. The lowest BCUT2D eigenvalue weighted by atomic mass is 9.92. The van der Waals surface area contributed by atoms with Crippen LogP contribution in [0.3, 0.4) is 0 Å². The molecule has 1 amide bonds. The molecule has 1 aromatic heterocycles. The molecule has 3 N–H and O–H groups in total. The van der Waals surface area contributed by atoms with Gasteiger partial charge < -0.3 is 16.0 Å². The van der Waals surface area contributed by atoms with E-state index >= 15 is 0 Å². The van der Waals surface area contributed by atoms with Crippen LogP contribution in [0.2, 0.25) is 0 Å². The maximum atomic E-state index is 12.4. The quantitative estimate of drug-likeness (QED) is 0.897. The molecular weight excluding hydrogens is 272 g/mol. The number of aromatic nitrogens is 1. The molecule has 5 nitrogen and oxygen atoms in total. The zero-order valence-corrected chi connectivity index (χ0v) is 12.9. The number of nitrogens with two attached hydrogens (primary N) is 1. The van der Waals surface area contributed by atoms with Crippen molar-refractivity contribution in [3.8, 4) is 0 Å². The van der Waals surface area contributed by atoms with Gasteiger partial charge in [-0.1, -0.05) is 6.92 Å². The molecule has 20 heavy (non-hydrogen) atoms. The summed E-state index contributed by atoms with van der Waals surface area (Å²) in [5.74, 6) is 0.944. The fourth-order valence-electron chi connectivity index (χ4n) is 2.81. The molecule has 1 aliphatic heterocycles. The fourth-order valence-corrected chi connectivity index (χ4v) is 3.74. The normalized spacial score (nSPS) is 26.6. The molecular formula is C14H22N4OS. The zero-order valence-electron chi connectivity index (χ0n) is 12.1. The summed E-state index contributed by atoms with van der Waals surface area (Å²) < 4.78 is 4.22. The van der Waals surface area contributed by atoms with Crippen LogP contribution in [0.5, 0.6) is 0 Å². The number of nitrogen functional groups attached to an aromatic ring is 1. The number of nitrogens with one attached hydrogen (secondary N) is 1. The molecule has 2 unspecified atom stereocenters. The Kier molecular flexibility index (Phi) is 3.58. The van der Waals surface area contributed by atoms with E-state index in [9.17, 15) is 4.79 Å². The van der Waals surface area contributed by atoms with Gasteiger partial charge in [-0.05, 0) is 50.1 Å². The van der Waals surface area contributed by atoms with Crippen molar-refractivity contribution < 1.29 is 4.79 Å². The largest absolute Gasteiger partial charge is 0.382 e. The summed E-state index contributed by atoms with van der Waals surface area (Å²) >= 11 is 1.35. The lowest BCUT2D eigenvalue weighted by Crippen LogP contribution is -2.43. The Labute approximate surface area is 123 Å². The number of carbonyl (C=O) groups excluding carboxylic acids is 1. The van der Waals surface area contributed by atoms with Crippen LogP contribution in [0.25, 0.3) is 0 Å². The first kappa shape index (κ1) is 13.7. The van der Waals surface area contributed by atoms with E-state index < -0.39 is 0 Å². The number of hydrogen-bond acceptors (Lipinski definition) is 5. The predicted octanol–water partition coefficient (Wildman–Crippen LogP) is 2.24. The second-order valence-electron chi connectivity index (χ2n) is 6.05. The highest BCUT2D eigenvalue weighted by Gasteiger charge is 2.32. The molecule has 0 spiro atoms. The van der Waals surface area contributed by atoms with E-state index in [0.717, 1.165) is 30.8 Å². The van der Waals surface area contributed by atoms with Gasteiger partial charge in [0.2, 0.25) is 0 Å². The Morgan fingerprint density at radius 2 is 2.15 bits per heavy atom. The fraction of sp³-hybridized carbons (Fsp3) is 0.714. The van der Waals surface area contributed by atoms with Gasteiger partial charge in [0.15, 0.2) is 5.82 Å². The van der Waals surface area contributed by atoms with Crippen molar-refractivity contribution >= 4 is 28.3 Å². The Morgan fingerprint density at radius 1 is 1.40 bits per heavy atom. The molecule has 3 rings (SSSR count). The van der Waals surface area contributed by atoms with Gasteiger partial charge in [-0.15, -0.1) is 0 Å². The lowest BCUT2D eigenvalue weighted by molar-refractivity contribution is 0.0952. The molecule has 2 heterocycles. The van der Waals surface area contributed by atoms with Crippen LogP contribution in [-0.2, 0) is 0 Å². The topological polar surface area (TPSA) is 71.2 Å². The highest BCUT2D eigenvalue weighted by atomic mass is 32.1. The van der Waals surface area contributed by atoms with E-state index in [2.05, 4.69) is 28.4 Å². The van der Waals surface area contributed by atoms with Crippen LogP contribution < -0.4 is 16.0 Å². The summed E-state index contributed by atoms with van der Waals surface area (Å²) in [6, 6.07) is 0.767. The summed E-state index contributed by atoms with van der Waals surface area (Å²) in [5, 5.41) is 3.97. The minimum Gasteiger partial charge on any atom is -0.382 e. The number of nitrogens with zero attached hydrogens (tertiary/aromatic N) is 2. The van der Waals surface area contributed by atoms with E-state index in [-0.39, 0.29) is 5.91 Å². The first-order chi connectivity index (χ1) is 9.58. The first-order valence-corrected chi connectivity index (χ1v) is 8.18. The third-order valence-corrected chi connectivity index (χ3v) is 5.37. The van der Waals surface area contributed by atoms with Gasteiger partial charge in [-0.3, -0.25) is 4.79 Å². The lowest BCUT2D eigenvalue weighted by Gasteiger charge is -2.38. The van der Waals surface area contributed by atoms with Gasteiger partial charge in [0.1, 0.15) is 10.6 Å². The molecule has 1 aliphatic carbocycles. The van der Waals surface area contributed by atoms with Crippen LogP contribution in [-0.4, -0.2) is 28.9 Å². The monoisotopic (exact) mass is 294 g/mol. The summed E-state index contributed by atoms with van der Waals surface area (Å²) in [6.07, 6.45) is 4.56. The van der Waals surface area contributed by atoms with E-state index in [1.54, 1.807) is 0 Å².